The molecule has 0 aliphatic heterocycles. The molecule has 4 nitrogen and oxygen atoms in total. The van der Waals surface area contributed by atoms with Crippen LogP contribution in [-0.4, -0.2) is 14.2 Å². The average Bonchev–Trinajstić information content (AvgIpc) is 2.84. The van der Waals surface area contributed by atoms with Gasteiger partial charge in [0.1, 0.15) is 0 Å². The first-order chi connectivity index (χ1) is 9.61. The van der Waals surface area contributed by atoms with Gasteiger partial charge in [0.15, 0.2) is 5.16 Å². The van der Waals surface area contributed by atoms with Gasteiger partial charge in [0, 0.05) is 5.69 Å². The van der Waals surface area contributed by atoms with Crippen molar-refractivity contribution in [3.63, 3.8) is 0 Å². The van der Waals surface area contributed by atoms with Crippen LogP contribution in [0.15, 0.2) is 47.6 Å². The van der Waals surface area contributed by atoms with Crippen LogP contribution >= 0.6 is 0 Å². The van der Waals surface area contributed by atoms with Crippen LogP contribution in [0.2, 0.25) is 0 Å². The van der Waals surface area contributed by atoms with E-state index in [0.29, 0.717) is 16.6 Å². The van der Waals surface area contributed by atoms with Crippen LogP contribution < -0.4 is 5.73 Å². The van der Waals surface area contributed by atoms with Crippen LogP contribution in [0.5, 0.6) is 0 Å². The van der Waals surface area contributed by atoms with Crippen molar-refractivity contribution in [3.8, 4) is 0 Å². The lowest BCUT2D eigenvalue weighted by atomic mass is 10.2. The zero-order valence-corrected chi connectivity index (χ0v) is 11.9. The maximum absolute atomic E-state index is 12.3. The van der Waals surface area contributed by atoms with Crippen molar-refractivity contribution in [2.75, 3.05) is 5.73 Å². The van der Waals surface area contributed by atoms with Crippen molar-refractivity contribution >= 4 is 27.5 Å². The van der Waals surface area contributed by atoms with Gasteiger partial charge in [-0.05, 0) is 30.7 Å². The molecule has 5 heteroatoms. The zero-order chi connectivity index (χ0) is 14.1. The number of rotatable bonds is 3. The Morgan fingerprint density at radius 3 is 2.70 bits per heavy atom. The van der Waals surface area contributed by atoms with Gasteiger partial charge in [-0.3, -0.25) is 4.21 Å². The minimum atomic E-state index is -1.19. The van der Waals surface area contributed by atoms with Gasteiger partial charge in [-0.1, -0.05) is 29.8 Å². The molecule has 1 unspecified atom stereocenters. The fourth-order valence-electron chi connectivity index (χ4n) is 2.02. The number of nitrogens with two attached hydrogens (primary N) is 1. The van der Waals surface area contributed by atoms with E-state index in [9.17, 15) is 4.21 Å². The SMILES string of the molecule is Cc1ccc(CS(=O)c2nc3ccc(N)cc3[nH]2)cc1. The fourth-order valence-corrected chi connectivity index (χ4v) is 3.07. The molecule has 0 saturated carbocycles. The van der Waals surface area contributed by atoms with E-state index in [-0.39, 0.29) is 0 Å². The first-order valence-electron chi connectivity index (χ1n) is 6.31. The predicted octanol–water partition coefficient (Wildman–Crippen LogP) is 2.76. The van der Waals surface area contributed by atoms with Gasteiger partial charge in [0.05, 0.1) is 27.6 Å². The largest absolute Gasteiger partial charge is 0.399 e. The number of fused-ring (bicyclic) bond motifs is 1. The molecule has 1 atom stereocenters. The lowest BCUT2D eigenvalue weighted by Gasteiger charge is -2.00. The van der Waals surface area contributed by atoms with E-state index in [1.807, 2.05) is 37.3 Å². The average molecular weight is 285 g/mol. The molecule has 3 N–H and O–H groups in total. The third-order valence-corrected chi connectivity index (χ3v) is 4.34. The van der Waals surface area contributed by atoms with Crippen molar-refractivity contribution in [1.29, 1.82) is 0 Å². The summed E-state index contributed by atoms with van der Waals surface area (Å²) in [6, 6.07) is 13.4. The van der Waals surface area contributed by atoms with Gasteiger partial charge >= 0.3 is 0 Å². The number of hydrogen-bond donors (Lipinski definition) is 2. The van der Waals surface area contributed by atoms with E-state index in [1.54, 1.807) is 12.1 Å². The van der Waals surface area contributed by atoms with E-state index in [2.05, 4.69) is 9.97 Å². The van der Waals surface area contributed by atoms with Gasteiger partial charge in [-0.2, -0.15) is 0 Å². The van der Waals surface area contributed by atoms with Gasteiger partial charge < -0.3 is 10.7 Å². The van der Waals surface area contributed by atoms with Crippen molar-refractivity contribution in [2.24, 2.45) is 0 Å². The summed E-state index contributed by atoms with van der Waals surface area (Å²) in [6.45, 7) is 2.03. The van der Waals surface area contributed by atoms with Gasteiger partial charge in [-0.25, -0.2) is 4.98 Å². The number of hydrogen-bond acceptors (Lipinski definition) is 3. The number of nitrogens with zero attached hydrogens (tertiary/aromatic N) is 1. The summed E-state index contributed by atoms with van der Waals surface area (Å²) in [5.74, 6) is 0.454. The molecule has 0 radical (unpaired) electrons. The van der Waals surface area contributed by atoms with E-state index in [4.69, 9.17) is 5.73 Å². The smallest absolute Gasteiger partial charge is 0.197 e. The summed E-state index contributed by atoms with van der Waals surface area (Å²) in [7, 11) is -1.19. The molecule has 2 aromatic carbocycles. The number of aromatic amines is 1. The Morgan fingerprint density at radius 1 is 1.20 bits per heavy atom. The summed E-state index contributed by atoms with van der Waals surface area (Å²) >= 11 is 0. The van der Waals surface area contributed by atoms with E-state index >= 15 is 0 Å². The molecule has 3 rings (SSSR count). The molecule has 3 aromatic rings. The molecule has 0 amide bonds. The zero-order valence-electron chi connectivity index (χ0n) is 11.1. The van der Waals surface area contributed by atoms with Crippen molar-refractivity contribution in [2.45, 2.75) is 17.8 Å². The molecule has 102 valence electrons. The second-order valence-electron chi connectivity index (χ2n) is 4.79. The number of nitrogen functional groups attached to an aromatic ring is 1. The second-order valence-corrected chi connectivity index (χ2v) is 6.16. The maximum atomic E-state index is 12.3. The molecule has 20 heavy (non-hydrogen) atoms. The Labute approximate surface area is 119 Å². The van der Waals surface area contributed by atoms with Gasteiger partial charge in [-0.15, -0.1) is 0 Å². The van der Waals surface area contributed by atoms with Crippen molar-refractivity contribution in [1.82, 2.24) is 9.97 Å². The Hall–Kier alpha value is -2.14. The van der Waals surface area contributed by atoms with E-state index in [1.165, 1.54) is 5.56 Å². The maximum Gasteiger partial charge on any atom is 0.197 e. The highest BCUT2D eigenvalue weighted by Gasteiger charge is 2.10. The number of nitrogens with one attached hydrogen (secondary N) is 1. The highest BCUT2D eigenvalue weighted by atomic mass is 32.2. The third-order valence-electron chi connectivity index (χ3n) is 3.12. The van der Waals surface area contributed by atoms with Crippen molar-refractivity contribution < 1.29 is 4.21 Å². The van der Waals surface area contributed by atoms with Crippen LogP contribution in [0.25, 0.3) is 11.0 Å². The number of aromatic nitrogens is 2. The molecule has 0 saturated heterocycles. The Kier molecular flexibility index (Phi) is 3.28. The lowest BCUT2D eigenvalue weighted by molar-refractivity contribution is 0.677. The molecule has 0 aliphatic rings. The fraction of sp³-hybridized carbons (Fsp3) is 0.133. The monoisotopic (exact) mass is 285 g/mol. The topological polar surface area (TPSA) is 71.8 Å². The van der Waals surface area contributed by atoms with Crippen molar-refractivity contribution in [3.05, 3.63) is 53.6 Å². The molecular weight excluding hydrogens is 270 g/mol. The number of benzene rings is 2. The summed E-state index contributed by atoms with van der Waals surface area (Å²) in [5, 5.41) is 0.492. The second kappa shape index (κ2) is 5.09. The van der Waals surface area contributed by atoms with E-state index < -0.39 is 10.8 Å². The molecule has 0 fully saturated rings. The standard InChI is InChI=1S/C15H15N3OS/c1-10-2-4-11(5-3-10)9-20(19)15-17-13-7-6-12(16)8-14(13)18-15/h2-8H,9,16H2,1H3,(H,17,18). The molecule has 0 bridgehead atoms. The minimum Gasteiger partial charge on any atom is -0.399 e. The highest BCUT2D eigenvalue weighted by molar-refractivity contribution is 7.84. The van der Waals surface area contributed by atoms with Gasteiger partial charge in [0.25, 0.3) is 0 Å². The number of imidazole rings is 1. The van der Waals surface area contributed by atoms with Gasteiger partial charge in [0.2, 0.25) is 0 Å². The quantitative estimate of drug-likeness (QED) is 0.727. The minimum absolute atomic E-state index is 0.454. The summed E-state index contributed by atoms with van der Waals surface area (Å²) < 4.78 is 12.3. The predicted molar refractivity (Wildman–Crippen MR) is 81.8 cm³/mol. The summed E-state index contributed by atoms with van der Waals surface area (Å²) in [4.78, 5) is 7.43. The first kappa shape index (κ1) is 12.9. The Balaban J connectivity index is 1.86. The number of aryl methyl sites for hydroxylation is 1. The molecule has 0 spiro atoms. The summed E-state index contributed by atoms with van der Waals surface area (Å²) in [6.07, 6.45) is 0. The van der Waals surface area contributed by atoms with E-state index in [0.717, 1.165) is 16.6 Å². The number of anilines is 1. The van der Waals surface area contributed by atoms with Crippen LogP contribution in [0.3, 0.4) is 0 Å². The lowest BCUT2D eigenvalue weighted by Crippen LogP contribution is -1.98. The molecule has 1 heterocycles. The first-order valence-corrected chi connectivity index (χ1v) is 7.63. The Morgan fingerprint density at radius 2 is 1.95 bits per heavy atom. The highest BCUT2D eigenvalue weighted by Crippen LogP contribution is 2.18. The normalized spacial score (nSPS) is 12.7. The molecule has 1 aromatic heterocycles. The van der Waals surface area contributed by atoms with Crippen LogP contribution in [0.4, 0.5) is 5.69 Å². The van der Waals surface area contributed by atoms with Crippen LogP contribution in [-0.2, 0) is 16.6 Å². The van der Waals surface area contributed by atoms with Crippen LogP contribution in [0, 0.1) is 6.92 Å². The number of H-pyrrole nitrogens is 1. The molecule has 0 aliphatic carbocycles. The van der Waals surface area contributed by atoms with Crippen LogP contribution in [0.1, 0.15) is 11.1 Å². The molecular formula is C15H15N3OS. The summed E-state index contributed by atoms with van der Waals surface area (Å²) in [5.41, 5.74) is 10.2. The Bertz CT molecular complexity index is 777. The third kappa shape index (κ3) is 2.58.